The number of allylic oxidation sites excluding steroid dienone is 2. The fourth-order valence-corrected chi connectivity index (χ4v) is 3.18. The number of ether oxygens (including phenoxy) is 2. The fourth-order valence-electron chi connectivity index (χ4n) is 3.18. The average molecular weight is 386 g/mol. The van der Waals surface area contributed by atoms with Crippen molar-refractivity contribution >= 4 is 17.6 Å². The third kappa shape index (κ3) is 4.65. The van der Waals surface area contributed by atoms with E-state index in [0.29, 0.717) is 28.1 Å². The van der Waals surface area contributed by atoms with Crippen LogP contribution in [-0.4, -0.2) is 24.1 Å². The second kappa shape index (κ2) is 8.82. The van der Waals surface area contributed by atoms with Crippen LogP contribution in [0, 0.1) is 4.91 Å². The molecule has 0 atom stereocenters. The predicted molar refractivity (Wildman–Crippen MR) is 106 cm³/mol. The lowest BCUT2D eigenvalue weighted by Crippen LogP contribution is -2.33. The van der Waals surface area contributed by atoms with Gasteiger partial charge in [0.25, 0.3) is 0 Å². The zero-order chi connectivity index (χ0) is 21.0. The molecule has 0 aliphatic carbocycles. The van der Waals surface area contributed by atoms with E-state index >= 15 is 0 Å². The number of nitrogens with zero attached hydrogens (tertiary/aromatic N) is 1. The smallest absolute Gasteiger partial charge is 0.337 e. The fraction of sp³-hybridized carbons (Fsp3) is 0.429. The highest BCUT2D eigenvalue weighted by molar-refractivity contribution is 6.00. The van der Waals surface area contributed by atoms with Crippen LogP contribution in [0.5, 0.6) is 0 Å². The summed E-state index contributed by atoms with van der Waals surface area (Å²) in [7, 11) is 0. The Morgan fingerprint density at radius 2 is 1.46 bits per heavy atom. The first-order chi connectivity index (χ1) is 13.1. The highest BCUT2D eigenvalue weighted by Crippen LogP contribution is 2.40. The van der Waals surface area contributed by atoms with Gasteiger partial charge in [0.05, 0.1) is 29.3 Å². The van der Waals surface area contributed by atoms with E-state index in [1.165, 1.54) is 0 Å². The Kier molecular flexibility index (Phi) is 6.72. The molecule has 0 fully saturated rings. The van der Waals surface area contributed by atoms with Crippen molar-refractivity contribution in [1.82, 2.24) is 5.32 Å². The summed E-state index contributed by atoms with van der Waals surface area (Å²) in [4.78, 5) is 36.8. The normalized spacial score (nSPS) is 15.0. The Morgan fingerprint density at radius 3 is 1.89 bits per heavy atom. The molecule has 28 heavy (non-hydrogen) atoms. The van der Waals surface area contributed by atoms with Crippen molar-refractivity contribution in [2.45, 2.75) is 59.7 Å². The van der Waals surface area contributed by atoms with Crippen LogP contribution in [0.1, 0.15) is 53.0 Å². The maximum Gasteiger partial charge on any atom is 0.337 e. The van der Waals surface area contributed by atoms with Crippen molar-refractivity contribution in [3.05, 3.63) is 57.3 Å². The molecular formula is C21H26N2O5. The van der Waals surface area contributed by atoms with Gasteiger partial charge in [0.15, 0.2) is 0 Å². The van der Waals surface area contributed by atoms with Crippen LogP contribution in [0.25, 0.3) is 0 Å². The average Bonchev–Trinajstić information content (AvgIpc) is 2.59. The third-order valence-corrected chi connectivity index (χ3v) is 4.19. The lowest BCUT2D eigenvalue weighted by atomic mass is 9.80. The van der Waals surface area contributed by atoms with Crippen molar-refractivity contribution in [2.24, 2.45) is 5.18 Å². The van der Waals surface area contributed by atoms with E-state index < -0.39 is 17.9 Å². The summed E-state index contributed by atoms with van der Waals surface area (Å²) < 4.78 is 10.8. The van der Waals surface area contributed by atoms with Crippen molar-refractivity contribution in [3.63, 3.8) is 0 Å². The topological polar surface area (TPSA) is 94.1 Å². The number of nitroso groups, excluding NO2 is 1. The molecule has 0 aromatic heterocycles. The first-order valence-electron chi connectivity index (χ1n) is 9.19. The minimum atomic E-state index is -0.736. The molecule has 7 nitrogen and oxygen atoms in total. The molecule has 1 aromatic carbocycles. The van der Waals surface area contributed by atoms with Crippen LogP contribution in [0.2, 0.25) is 0 Å². The third-order valence-electron chi connectivity index (χ3n) is 4.19. The summed E-state index contributed by atoms with van der Waals surface area (Å²) in [5.74, 6) is -1.80. The van der Waals surface area contributed by atoms with Crippen molar-refractivity contribution in [3.8, 4) is 0 Å². The van der Waals surface area contributed by atoms with Crippen LogP contribution in [0.4, 0.5) is 5.69 Å². The summed E-state index contributed by atoms with van der Waals surface area (Å²) >= 11 is 0. The standard InChI is InChI=1S/C21H26N2O5/c1-11(2)27-20(24)17-13(5)22-14(6)18(21(25)28-12(3)4)19(17)15-8-7-9-16(10-15)23-26/h7-12,19,22H,1-6H3. The molecule has 150 valence electrons. The van der Waals surface area contributed by atoms with E-state index in [9.17, 15) is 14.5 Å². The maximum absolute atomic E-state index is 12.9. The predicted octanol–water partition coefficient (Wildman–Crippen LogP) is 4.22. The molecule has 0 bridgehead atoms. The summed E-state index contributed by atoms with van der Waals surface area (Å²) in [5.41, 5.74) is 2.57. The SMILES string of the molecule is CC1=C(C(=O)OC(C)C)C(c2cccc(N=O)c2)C(C(=O)OC(C)C)=C(C)N1. The van der Waals surface area contributed by atoms with E-state index in [2.05, 4.69) is 10.5 Å². The zero-order valence-electron chi connectivity index (χ0n) is 17.0. The zero-order valence-corrected chi connectivity index (χ0v) is 17.0. The van der Waals surface area contributed by atoms with Gasteiger partial charge in [0.2, 0.25) is 0 Å². The molecule has 1 aliphatic rings. The van der Waals surface area contributed by atoms with E-state index in [-0.39, 0.29) is 17.9 Å². The lowest BCUT2D eigenvalue weighted by molar-refractivity contribution is -0.143. The minimum Gasteiger partial charge on any atom is -0.460 e. The molecule has 2 rings (SSSR count). The molecule has 0 unspecified atom stereocenters. The molecule has 1 aromatic rings. The number of carbonyl (C=O) groups excluding carboxylic acids is 2. The van der Waals surface area contributed by atoms with Crippen LogP contribution in [-0.2, 0) is 19.1 Å². The summed E-state index contributed by atoms with van der Waals surface area (Å²) in [6.07, 6.45) is -0.649. The minimum absolute atomic E-state index is 0.208. The highest BCUT2D eigenvalue weighted by atomic mass is 16.5. The molecule has 0 saturated heterocycles. The molecule has 0 radical (unpaired) electrons. The van der Waals surface area contributed by atoms with E-state index in [4.69, 9.17) is 9.47 Å². The molecule has 1 heterocycles. The number of carbonyl (C=O) groups is 2. The van der Waals surface area contributed by atoms with Crippen molar-refractivity contribution in [1.29, 1.82) is 0 Å². The lowest BCUT2D eigenvalue weighted by Gasteiger charge is -2.31. The Bertz CT molecular complexity index is 808. The maximum atomic E-state index is 12.9. The van der Waals surface area contributed by atoms with E-state index in [1.54, 1.807) is 65.8 Å². The molecule has 0 spiro atoms. The van der Waals surface area contributed by atoms with Crippen LogP contribution >= 0.6 is 0 Å². The first-order valence-corrected chi connectivity index (χ1v) is 9.19. The Balaban J connectivity index is 2.66. The molecular weight excluding hydrogens is 360 g/mol. The number of dihydropyridines is 1. The van der Waals surface area contributed by atoms with E-state index in [1.807, 2.05) is 0 Å². The van der Waals surface area contributed by atoms with Gasteiger partial charge in [-0.1, -0.05) is 12.1 Å². The number of nitrogens with one attached hydrogen (secondary N) is 1. The van der Waals surface area contributed by atoms with Crippen molar-refractivity contribution < 1.29 is 19.1 Å². The Hall–Kier alpha value is -2.96. The number of hydrogen-bond donors (Lipinski definition) is 1. The first kappa shape index (κ1) is 21.3. The quantitative estimate of drug-likeness (QED) is 0.581. The van der Waals surface area contributed by atoms with Gasteiger partial charge in [-0.2, -0.15) is 0 Å². The summed E-state index contributed by atoms with van der Waals surface area (Å²) in [6, 6.07) is 6.53. The van der Waals surface area contributed by atoms with Crippen LogP contribution in [0.3, 0.4) is 0 Å². The van der Waals surface area contributed by atoms with Crippen LogP contribution < -0.4 is 5.32 Å². The van der Waals surface area contributed by atoms with Gasteiger partial charge in [-0.15, -0.1) is 4.91 Å². The summed E-state index contributed by atoms with van der Waals surface area (Å²) in [6.45, 7) is 10.5. The van der Waals surface area contributed by atoms with Gasteiger partial charge in [-0.05, 0) is 64.4 Å². The molecule has 1 N–H and O–H groups in total. The van der Waals surface area contributed by atoms with Gasteiger partial charge < -0.3 is 14.8 Å². The molecule has 1 aliphatic heterocycles. The molecule has 0 saturated carbocycles. The number of benzene rings is 1. The largest absolute Gasteiger partial charge is 0.460 e. The van der Waals surface area contributed by atoms with E-state index in [0.717, 1.165) is 0 Å². The Morgan fingerprint density at radius 1 is 0.964 bits per heavy atom. The van der Waals surface area contributed by atoms with Gasteiger partial charge >= 0.3 is 11.9 Å². The number of hydrogen-bond acceptors (Lipinski definition) is 7. The van der Waals surface area contributed by atoms with Gasteiger partial charge in [0.1, 0.15) is 5.69 Å². The molecule has 0 amide bonds. The van der Waals surface area contributed by atoms with Gasteiger partial charge in [-0.25, -0.2) is 9.59 Å². The van der Waals surface area contributed by atoms with Gasteiger partial charge in [-0.3, -0.25) is 0 Å². The van der Waals surface area contributed by atoms with Crippen molar-refractivity contribution in [2.75, 3.05) is 0 Å². The second-order valence-corrected chi connectivity index (χ2v) is 7.23. The highest BCUT2D eigenvalue weighted by Gasteiger charge is 2.38. The summed E-state index contributed by atoms with van der Waals surface area (Å²) in [5, 5.41) is 6.06. The van der Waals surface area contributed by atoms with Gasteiger partial charge in [0, 0.05) is 11.4 Å². The molecule has 7 heteroatoms. The number of rotatable bonds is 6. The van der Waals surface area contributed by atoms with Crippen LogP contribution in [0.15, 0.2) is 52.0 Å². The number of esters is 2. The monoisotopic (exact) mass is 386 g/mol. The Labute approximate surface area is 164 Å². The second-order valence-electron chi connectivity index (χ2n) is 7.23.